The molecule has 0 aliphatic rings. The summed E-state index contributed by atoms with van der Waals surface area (Å²) >= 11 is 0. The molecule has 1 nitrogen and oxygen atoms in total. The molecule has 0 aromatic heterocycles. The number of hydrogen-bond acceptors (Lipinski definition) is 1. The number of phenolic OH excluding ortho intramolecular Hbond substituents is 1. The van der Waals surface area contributed by atoms with Gasteiger partial charge in [-0.05, 0) is 37.0 Å². The van der Waals surface area contributed by atoms with Crippen LogP contribution in [0.1, 0.15) is 25.3 Å². The fraction of sp³-hybridized carbons (Fsp3) is 0.364. The lowest BCUT2D eigenvalue weighted by molar-refractivity contribution is 0.475. The van der Waals surface area contributed by atoms with Crippen molar-refractivity contribution in [2.45, 2.75) is 26.2 Å². The highest BCUT2D eigenvalue weighted by molar-refractivity contribution is 5.25. The fourth-order valence-electron chi connectivity index (χ4n) is 1.17. The molecule has 0 atom stereocenters. The predicted molar refractivity (Wildman–Crippen MR) is 51.0 cm³/mol. The molecule has 0 aliphatic heterocycles. The van der Waals surface area contributed by atoms with Crippen LogP contribution in [-0.2, 0) is 6.42 Å². The zero-order valence-electron chi connectivity index (χ0n) is 7.46. The van der Waals surface area contributed by atoms with E-state index in [4.69, 9.17) is 5.11 Å². The first-order valence-corrected chi connectivity index (χ1v) is 4.38. The average molecular weight is 163 g/mol. The molecule has 0 heterocycles. The summed E-state index contributed by atoms with van der Waals surface area (Å²) in [5.41, 5.74) is 1.30. The third kappa shape index (κ3) is 2.95. The molecule has 1 N–H and O–H groups in total. The van der Waals surface area contributed by atoms with E-state index in [9.17, 15) is 0 Å². The number of aromatic hydroxyl groups is 1. The molecule has 0 bridgehead atoms. The molecule has 65 valence electrons. The third-order valence-corrected chi connectivity index (χ3v) is 1.89. The quantitative estimate of drug-likeness (QED) is 0.676. The summed E-state index contributed by atoms with van der Waals surface area (Å²) in [6.45, 7) is 2.08. The minimum Gasteiger partial charge on any atom is -0.508 e. The Hall–Kier alpha value is -0.980. The maximum atomic E-state index is 9.02. The minimum absolute atomic E-state index is 0.348. The van der Waals surface area contributed by atoms with E-state index < -0.39 is 0 Å². The SMILES string of the molecule is C[CH]CCCc1ccc(O)cc1. The van der Waals surface area contributed by atoms with E-state index in [-0.39, 0.29) is 0 Å². The van der Waals surface area contributed by atoms with Gasteiger partial charge in [0.1, 0.15) is 5.75 Å². The lowest BCUT2D eigenvalue weighted by Crippen LogP contribution is -1.84. The summed E-state index contributed by atoms with van der Waals surface area (Å²) in [7, 11) is 0. The van der Waals surface area contributed by atoms with Gasteiger partial charge in [0, 0.05) is 0 Å². The van der Waals surface area contributed by atoms with Crippen LogP contribution in [0, 0.1) is 6.42 Å². The molecule has 1 radical (unpaired) electrons. The van der Waals surface area contributed by atoms with Crippen molar-refractivity contribution in [1.29, 1.82) is 0 Å². The van der Waals surface area contributed by atoms with Gasteiger partial charge in [-0.15, -0.1) is 0 Å². The van der Waals surface area contributed by atoms with Crippen LogP contribution in [0.3, 0.4) is 0 Å². The lowest BCUT2D eigenvalue weighted by Gasteiger charge is -1.99. The monoisotopic (exact) mass is 163 g/mol. The van der Waals surface area contributed by atoms with Gasteiger partial charge in [-0.3, -0.25) is 0 Å². The van der Waals surface area contributed by atoms with Gasteiger partial charge in [0.25, 0.3) is 0 Å². The Kier molecular flexibility index (Phi) is 3.65. The molecule has 1 aromatic rings. The summed E-state index contributed by atoms with van der Waals surface area (Å²) < 4.78 is 0. The summed E-state index contributed by atoms with van der Waals surface area (Å²) in [5.74, 6) is 0.348. The topological polar surface area (TPSA) is 20.2 Å². The molecule has 0 amide bonds. The van der Waals surface area contributed by atoms with Crippen LogP contribution >= 0.6 is 0 Å². The first kappa shape index (κ1) is 9.11. The number of unbranched alkanes of at least 4 members (excludes halogenated alkanes) is 2. The molecule has 1 rings (SSSR count). The number of aryl methyl sites for hydroxylation is 1. The number of rotatable bonds is 4. The predicted octanol–water partition coefficient (Wildman–Crippen LogP) is 2.94. The largest absolute Gasteiger partial charge is 0.508 e. The van der Waals surface area contributed by atoms with Gasteiger partial charge < -0.3 is 5.11 Å². The Balaban J connectivity index is 2.37. The Morgan fingerprint density at radius 3 is 2.50 bits per heavy atom. The van der Waals surface area contributed by atoms with Crippen molar-refractivity contribution in [2.24, 2.45) is 0 Å². The highest BCUT2D eigenvalue weighted by Crippen LogP contribution is 2.11. The maximum absolute atomic E-state index is 9.02. The number of benzene rings is 1. The Labute approximate surface area is 74.1 Å². The van der Waals surface area contributed by atoms with Crippen LogP contribution in [0.25, 0.3) is 0 Å². The van der Waals surface area contributed by atoms with Gasteiger partial charge in [0.2, 0.25) is 0 Å². The molecular formula is C11H15O. The Morgan fingerprint density at radius 2 is 1.92 bits per heavy atom. The first-order valence-electron chi connectivity index (χ1n) is 4.38. The summed E-state index contributed by atoms with van der Waals surface area (Å²) in [6, 6.07) is 7.44. The lowest BCUT2D eigenvalue weighted by atomic mass is 10.1. The van der Waals surface area contributed by atoms with Crippen molar-refractivity contribution in [3.05, 3.63) is 36.2 Å². The van der Waals surface area contributed by atoms with E-state index in [0.717, 1.165) is 6.42 Å². The minimum atomic E-state index is 0.348. The van der Waals surface area contributed by atoms with Crippen LogP contribution in [0.5, 0.6) is 5.75 Å². The van der Waals surface area contributed by atoms with Crippen molar-refractivity contribution in [1.82, 2.24) is 0 Å². The molecular weight excluding hydrogens is 148 g/mol. The van der Waals surface area contributed by atoms with Crippen molar-refractivity contribution >= 4 is 0 Å². The molecule has 0 saturated carbocycles. The van der Waals surface area contributed by atoms with Gasteiger partial charge in [-0.1, -0.05) is 25.5 Å². The van der Waals surface area contributed by atoms with Crippen LogP contribution < -0.4 is 0 Å². The molecule has 1 aromatic carbocycles. The van der Waals surface area contributed by atoms with E-state index in [1.54, 1.807) is 12.1 Å². The second kappa shape index (κ2) is 4.81. The van der Waals surface area contributed by atoms with Gasteiger partial charge in [0.05, 0.1) is 0 Å². The van der Waals surface area contributed by atoms with Crippen LogP contribution in [0.2, 0.25) is 0 Å². The van der Waals surface area contributed by atoms with Crippen molar-refractivity contribution in [2.75, 3.05) is 0 Å². The second-order valence-electron chi connectivity index (χ2n) is 2.97. The molecule has 0 unspecified atom stereocenters. The number of phenols is 1. The van der Waals surface area contributed by atoms with E-state index in [1.165, 1.54) is 18.4 Å². The van der Waals surface area contributed by atoms with E-state index >= 15 is 0 Å². The maximum Gasteiger partial charge on any atom is 0.115 e. The molecule has 0 fully saturated rings. The summed E-state index contributed by atoms with van der Waals surface area (Å²) in [5, 5.41) is 9.02. The van der Waals surface area contributed by atoms with Gasteiger partial charge in [-0.2, -0.15) is 0 Å². The standard InChI is InChI=1S/C11H15O/c1-2-3-4-5-10-6-8-11(12)9-7-10/h2,6-9,12H,3-5H2,1H3. The molecule has 0 saturated heterocycles. The molecule has 12 heavy (non-hydrogen) atoms. The smallest absolute Gasteiger partial charge is 0.115 e. The van der Waals surface area contributed by atoms with E-state index in [1.807, 2.05) is 12.1 Å². The molecule has 0 aliphatic carbocycles. The van der Waals surface area contributed by atoms with Crippen LogP contribution in [-0.4, -0.2) is 5.11 Å². The van der Waals surface area contributed by atoms with E-state index in [2.05, 4.69) is 13.3 Å². The highest BCUT2D eigenvalue weighted by Gasteiger charge is 1.92. The third-order valence-electron chi connectivity index (χ3n) is 1.89. The number of hydrogen-bond donors (Lipinski definition) is 1. The summed E-state index contributed by atoms with van der Waals surface area (Å²) in [4.78, 5) is 0. The second-order valence-corrected chi connectivity index (χ2v) is 2.97. The normalized spacial score (nSPS) is 10.1. The van der Waals surface area contributed by atoms with Crippen LogP contribution in [0.15, 0.2) is 24.3 Å². The molecule has 1 heteroatoms. The molecule has 0 spiro atoms. The fourth-order valence-corrected chi connectivity index (χ4v) is 1.17. The first-order chi connectivity index (χ1) is 5.83. The Bertz CT molecular complexity index is 213. The summed E-state index contributed by atoms with van der Waals surface area (Å²) in [6.07, 6.45) is 5.65. The average Bonchev–Trinajstić information content (AvgIpc) is 2.09. The van der Waals surface area contributed by atoms with Gasteiger partial charge in [-0.25, -0.2) is 0 Å². The van der Waals surface area contributed by atoms with Crippen LogP contribution in [0.4, 0.5) is 0 Å². The van der Waals surface area contributed by atoms with Gasteiger partial charge >= 0.3 is 0 Å². The highest BCUT2D eigenvalue weighted by atomic mass is 16.3. The van der Waals surface area contributed by atoms with Gasteiger partial charge in [0.15, 0.2) is 0 Å². The van der Waals surface area contributed by atoms with Crippen molar-refractivity contribution in [3.8, 4) is 5.75 Å². The zero-order chi connectivity index (χ0) is 8.81. The van der Waals surface area contributed by atoms with Crippen molar-refractivity contribution < 1.29 is 5.11 Å². The Morgan fingerprint density at radius 1 is 1.25 bits per heavy atom. The zero-order valence-corrected chi connectivity index (χ0v) is 7.46. The van der Waals surface area contributed by atoms with Crippen molar-refractivity contribution in [3.63, 3.8) is 0 Å². The van der Waals surface area contributed by atoms with E-state index in [0.29, 0.717) is 5.75 Å².